The third kappa shape index (κ3) is 3.71. The van der Waals surface area contributed by atoms with Crippen LogP contribution >= 0.6 is 22.9 Å². The van der Waals surface area contributed by atoms with Crippen LogP contribution in [0.4, 0.5) is 10.8 Å². The first kappa shape index (κ1) is 17.2. The molecule has 0 bridgehead atoms. The lowest BCUT2D eigenvalue weighted by molar-refractivity contribution is -0.120. The van der Waals surface area contributed by atoms with E-state index in [0.29, 0.717) is 5.02 Å². The fourth-order valence-electron chi connectivity index (χ4n) is 2.82. The minimum atomic E-state index is -0.179. The van der Waals surface area contributed by atoms with Gasteiger partial charge in [0.2, 0.25) is 5.91 Å². The number of nitrogens with zero attached hydrogens (tertiary/aromatic N) is 3. The molecule has 1 N–H and O–H groups in total. The molecular weight excluding hydrogens is 344 g/mol. The van der Waals surface area contributed by atoms with Crippen LogP contribution in [0.5, 0.6) is 0 Å². The number of hydrogen-bond donors (Lipinski definition) is 1. The molecule has 1 fully saturated rings. The number of benzene rings is 1. The van der Waals surface area contributed by atoms with E-state index in [1.165, 1.54) is 0 Å². The molecular formula is C17H21ClN4OS. The molecule has 1 aromatic carbocycles. The Balaban J connectivity index is 1.57. The molecule has 3 rings (SSSR count). The van der Waals surface area contributed by atoms with E-state index in [9.17, 15) is 4.79 Å². The highest BCUT2D eigenvalue weighted by Crippen LogP contribution is 2.24. The molecule has 0 radical (unpaired) electrons. The number of carbonyl (C=O) groups excluding carboxylic acids is 1. The average molecular weight is 365 g/mol. The van der Waals surface area contributed by atoms with Crippen molar-refractivity contribution in [2.45, 2.75) is 19.9 Å². The van der Waals surface area contributed by atoms with Gasteiger partial charge >= 0.3 is 0 Å². The zero-order valence-corrected chi connectivity index (χ0v) is 15.4. The Labute approximate surface area is 151 Å². The molecule has 7 heteroatoms. The second kappa shape index (κ2) is 7.51. The van der Waals surface area contributed by atoms with E-state index >= 15 is 0 Å². The average Bonchev–Trinajstić information content (AvgIpc) is 3.13. The molecule has 2 heterocycles. The first-order valence-electron chi connectivity index (χ1n) is 8.00. The highest BCUT2D eigenvalue weighted by atomic mass is 35.5. The van der Waals surface area contributed by atoms with Crippen molar-refractivity contribution in [1.82, 2.24) is 9.88 Å². The molecule has 2 aromatic rings. The number of hydrogen-bond acceptors (Lipinski definition) is 5. The van der Waals surface area contributed by atoms with E-state index < -0.39 is 0 Å². The van der Waals surface area contributed by atoms with Crippen LogP contribution in [-0.4, -0.2) is 48.0 Å². The number of carbonyl (C=O) groups is 1. The van der Waals surface area contributed by atoms with Crippen LogP contribution in [0.1, 0.15) is 12.5 Å². The van der Waals surface area contributed by atoms with Gasteiger partial charge in [0.1, 0.15) is 0 Å². The number of anilines is 2. The van der Waals surface area contributed by atoms with Crippen molar-refractivity contribution >= 4 is 39.7 Å². The maximum absolute atomic E-state index is 12.6. The molecule has 128 valence electrons. The monoisotopic (exact) mass is 364 g/mol. The summed E-state index contributed by atoms with van der Waals surface area (Å²) in [6.45, 7) is 7.34. The molecule has 1 aromatic heterocycles. The Morgan fingerprint density at radius 3 is 2.75 bits per heavy atom. The van der Waals surface area contributed by atoms with Gasteiger partial charge in [0.25, 0.3) is 0 Å². The lowest BCUT2D eigenvalue weighted by Gasteiger charge is -2.37. The summed E-state index contributed by atoms with van der Waals surface area (Å²) in [7, 11) is 0. The molecule has 0 spiro atoms. The SMILES string of the molecule is Cc1c(Cl)cccc1NC(=O)[C@H](C)N1CCN(c2nccs2)CC1. The lowest BCUT2D eigenvalue weighted by Crippen LogP contribution is -2.52. The van der Waals surface area contributed by atoms with Crippen LogP contribution in [0.15, 0.2) is 29.8 Å². The third-order valence-corrected chi connectivity index (χ3v) is 5.70. The Bertz CT molecular complexity index is 699. The Kier molecular flexibility index (Phi) is 5.38. The topological polar surface area (TPSA) is 48.5 Å². The summed E-state index contributed by atoms with van der Waals surface area (Å²) in [6.07, 6.45) is 1.83. The summed E-state index contributed by atoms with van der Waals surface area (Å²) in [5, 5.41) is 6.71. The number of halogens is 1. The molecule has 0 aliphatic carbocycles. The number of thiazole rings is 1. The molecule has 24 heavy (non-hydrogen) atoms. The van der Waals surface area contributed by atoms with Crippen molar-refractivity contribution in [3.63, 3.8) is 0 Å². The fourth-order valence-corrected chi connectivity index (χ4v) is 3.69. The van der Waals surface area contributed by atoms with Crippen LogP contribution in [0.25, 0.3) is 0 Å². The Hall–Kier alpha value is -1.63. The molecule has 5 nitrogen and oxygen atoms in total. The molecule has 1 aliphatic heterocycles. The van der Waals surface area contributed by atoms with Gasteiger partial charge in [0.15, 0.2) is 5.13 Å². The summed E-state index contributed by atoms with van der Waals surface area (Å²) >= 11 is 7.77. The second-order valence-electron chi connectivity index (χ2n) is 5.92. The van der Waals surface area contributed by atoms with Crippen molar-refractivity contribution in [3.8, 4) is 0 Å². The van der Waals surface area contributed by atoms with E-state index in [-0.39, 0.29) is 11.9 Å². The summed E-state index contributed by atoms with van der Waals surface area (Å²) in [6, 6.07) is 5.38. The number of piperazine rings is 1. The van der Waals surface area contributed by atoms with Gasteiger partial charge in [-0.05, 0) is 31.5 Å². The zero-order chi connectivity index (χ0) is 17.1. The van der Waals surface area contributed by atoms with Crippen LogP contribution in [0.3, 0.4) is 0 Å². The minimum Gasteiger partial charge on any atom is -0.346 e. The van der Waals surface area contributed by atoms with Crippen LogP contribution < -0.4 is 10.2 Å². The highest BCUT2D eigenvalue weighted by molar-refractivity contribution is 7.13. The number of amides is 1. The smallest absolute Gasteiger partial charge is 0.241 e. The summed E-state index contributed by atoms with van der Waals surface area (Å²) in [4.78, 5) is 21.4. The van der Waals surface area contributed by atoms with Gasteiger partial charge < -0.3 is 10.2 Å². The van der Waals surface area contributed by atoms with Crippen molar-refractivity contribution < 1.29 is 4.79 Å². The summed E-state index contributed by atoms with van der Waals surface area (Å²) in [5.41, 5.74) is 1.68. The van der Waals surface area contributed by atoms with E-state index in [0.717, 1.165) is 42.6 Å². The maximum atomic E-state index is 12.6. The molecule has 1 aliphatic rings. The predicted octanol–water partition coefficient (Wildman–Crippen LogP) is 3.25. The first-order chi connectivity index (χ1) is 11.6. The van der Waals surface area contributed by atoms with Crippen LogP contribution in [0.2, 0.25) is 5.02 Å². The molecule has 1 saturated heterocycles. The fraction of sp³-hybridized carbons (Fsp3) is 0.412. The maximum Gasteiger partial charge on any atom is 0.241 e. The van der Waals surface area contributed by atoms with Gasteiger partial charge in [-0.1, -0.05) is 17.7 Å². The van der Waals surface area contributed by atoms with Crippen molar-refractivity contribution in [1.29, 1.82) is 0 Å². The second-order valence-corrected chi connectivity index (χ2v) is 7.20. The molecule has 1 atom stereocenters. The van der Waals surface area contributed by atoms with Gasteiger partial charge in [-0.3, -0.25) is 9.69 Å². The van der Waals surface area contributed by atoms with Crippen molar-refractivity contribution in [2.24, 2.45) is 0 Å². The van der Waals surface area contributed by atoms with E-state index in [1.807, 2.05) is 43.6 Å². The standard InChI is InChI=1S/C17H21ClN4OS/c1-12-14(18)4-3-5-15(12)20-16(23)13(2)21-7-9-22(10-8-21)17-19-6-11-24-17/h3-6,11,13H,7-10H2,1-2H3,(H,20,23)/t13-/m0/s1. The van der Waals surface area contributed by atoms with Crippen LogP contribution in [-0.2, 0) is 4.79 Å². The molecule has 1 amide bonds. The minimum absolute atomic E-state index is 0.00284. The highest BCUT2D eigenvalue weighted by Gasteiger charge is 2.26. The first-order valence-corrected chi connectivity index (χ1v) is 9.26. The van der Waals surface area contributed by atoms with Crippen molar-refractivity contribution in [3.05, 3.63) is 40.4 Å². The lowest BCUT2D eigenvalue weighted by atomic mass is 10.1. The number of nitrogens with one attached hydrogen (secondary N) is 1. The van der Waals surface area contributed by atoms with E-state index in [2.05, 4.69) is 20.1 Å². The van der Waals surface area contributed by atoms with Gasteiger partial charge in [0, 0.05) is 48.5 Å². The largest absolute Gasteiger partial charge is 0.346 e. The molecule has 0 saturated carbocycles. The summed E-state index contributed by atoms with van der Waals surface area (Å²) < 4.78 is 0. The van der Waals surface area contributed by atoms with Crippen molar-refractivity contribution in [2.75, 3.05) is 36.4 Å². The van der Waals surface area contributed by atoms with Gasteiger partial charge in [-0.15, -0.1) is 11.3 Å². The summed E-state index contributed by atoms with van der Waals surface area (Å²) in [5.74, 6) is 0.00284. The van der Waals surface area contributed by atoms with Crippen LogP contribution in [0, 0.1) is 6.92 Å². The third-order valence-electron chi connectivity index (χ3n) is 4.46. The van der Waals surface area contributed by atoms with Gasteiger partial charge in [-0.25, -0.2) is 4.98 Å². The molecule has 0 unspecified atom stereocenters. The van der Waals surface area contributed by atoms with Gasteiger partial charge in [-0.2, -0.15) is 0 Å². The number of rotatable bonds is 4. The number of aromatic nitrogens is 1. The quantitative estimate of drug-likeness (QED) is 0.904. The van der Waals surface area contributed by atoms with Gasteiger partial charge in [0.05, 0.1) is 6.04 Å². The van der Waals surface area contributed by atoms with E-state index in [4.69, 9.17) is 11.6 Å². The Morgan fingerprint density at radius 2 is 2.08 bits per heavy atom. The zero-order valence-electron chi connectivity index (χ0n) is 13.8. The normalized spacial score (nSPS) is 16.9. The van der Waals surface area contributed by atoms with E-state index in [1.54, 1.807) is 11.3 Å². The Morgan fingerprint density at radius 1 is 1.33 bits per heavy atom. The predicted molar refractivity (Wildman–Crippen MR) is 100 cm³/mol.